The second-order valence-electron chi connectivity index (χ2n) is 5.99. The van der Waals surface area contributed by atoms with Crippen molar-refractivity contribution in [2.24, 2.45) is 0 Å². The lowest BCUT2D eigenvalue weighted by atomic mass is 9.99. The summed E-state index contributed by atoms with van der Waals surface area (Å²) in [6, 6.07) is 11.3. The van der Waals surface area contributed by atoms with Gasteiger partial charge in [-0.1, -0.05) is 35.1 Å². The van der Waals surface area contributed by atoms with Gasteiger partial charge in [-0.2, -0.15) is 0 Å². The van der Waals surface area contributed by atoms with Crippen LogP contribution in [-0.4, -0.2) is 35.0 Å². The smallest absolute Gasteiger partial charge is 0.347 e. The van der Waals surface area contributed by atoms with Crippen LogP contribution in [0.4, 0.5) is 15.6 Å². The van der Waals surface area contributed by atoms with Gasteiger partial charge in [-0.3, -0.25) is 10.1 Å². The summed E-state index contributed by atoms with van der Waals surface area (Å²) < 4.78 is 5.26. The van der Waals surface area contributed by atoms with Crippen LogP contribution < -0.4 is 15.4 Å². The van der Waals surface area contributed by atoms with E-state index in [1.807, 2.05) is 6.92 Å². The molecule has 0 radical (unpaired) electrons. The monoisotopic (exact) mass is 411 g/mol. The predicted molar refractivity (Wildman–Crippen MR) is 109 cm³/mol. The number of urea groups is 1. The zero-order chi connectivity index (χ0) is 21.0. The van der Waals surface area contributed by atoms with Gasteiger partial charge in [-0.25, -0.2) is 14.6 Å². The van der Waals surface area contributed by atoms with E-state index in [1.165, 1.54) is 7.11 Å². The first kappa shape index (κ1) is 20.0. The lowest BCUT2D eigenvalue weighted by Crippen LogP contribution is -2.21. The molecule has 0 aliphatic carbocycles. The molecule has 0 unspecified atom stereocenters. The fourth-order valence-corrected chi connectivity index (χ4v) is 3.26. The summed E-state index contributed by atoms with van der Waals surface area (Å²) in [6.07, 6.45) is 1.16. The maximum Gasteiger partial charge on any atom is 0.347 e. The van der Waals surface area contributed by atoms with Crippen molar-refractivity contribution < 1.29 is 24.2 Å². The summed E-state index contributed by atoms with van der Waals surface area (Å²) in [5, 5.41) is 14.2. The van der Waals surface area contributed by atoms with Gasteiger partial charge in [0.25, 0.3) is 0 Å². The highest BCUT2D eigenvalue weighted by molar-refractivity contribution is 7.17. The number of carboxylic acid groups (broad SMARTS) is 1. The van der Waals surface area contributed by atoms with E-state index in [1.54, 1.807) is 42.5 Å². The van der Waals surface area contributed by atoms with Gasteiger partial charge in [0.05, 0.1) is 24.6 Å². The van der Waals surface area contributed by atoms with E-state index in [-0.39, 0.29) is 15.8 Å². The Bertz CT molecular complexity index is 1090. The zero-order valence-corrected chi connectivity index (χ0v) is 16.4. The van der Waals surface area contributed by atoms with Crippen LogP contribution >= 0.6 is 11.3 Å². The van der Waals surface area contributed by atoms with Gasteiger partial charge in [-0.05, 0) is 31.2 Å². The number of ether oxygens (including phenoxy) is 1. The Balaban J connectivity index is 1.85. The second kappa shape index (κ2) is 8.53. The first-order valence-electron chi connectivity index (χ1n) is 8.44. The van der Waals surface area contributed by atoms with Crippen LogP contribution in [0.2, 0.25) is 0 Å². The summed E-state index contributed by atoms with van der Waals surface area (Å²) in [6.45, 7) is 1.84. The highest BCUT2D eigenvalue weighted by atomic mass is 32.1. The zero-order valence-electron chi connectivity index (χ0n) is 15.6. The lowest BCUT2D eigenvalue weighted by Gasteiger charge is -2.13. The minimum Gasteiger partial charge on any atom is -0.496 e. The molecule has 3 N–H and O–H groups in total. The van der Waals surface area contributed by atoms with E-state index in [2.05, 4.69) is 15.6 Å². The summed E-state index contributed by atoms with van der Waals surface area (Å²) in [5.74, 6) is -0.999. The second-order valence-corrected chi connectivity index (χ2v) is 7.02. The van der Waals surface area contributed by atoms with Crippen molar-refractivity contribution in [1.29, 1.82) is 0 Å². The predicted octanol–water partition coefficient (Wildman–Crippen LogP) is 4.03. The summed E-state index contributed by atoms with van der Waals surface area (Å²) in [7, 11) is 1.48. The van der Waals surface area contributed by atoms with Gasteiger partial charge in [0.1, 0.15) is 10.6 Å². The van der Waals surface area contributed by atoms with Gasteiger partial charge in [-0.15, -0.1) is 0 Å². The van der Waals surface area contributed by atoms with E-state index in [4.69, 9.17) is 9.84 Å². The Morgan fingerprint density at radius 3 is 2.52 bits per heavy atom. The molecular weight excluding hydrogens is 394 g/mol. The quantitative estimate of drug-likeness (QED) is 0.527. The third-order valence-corrected chi connectivity index (χ3v) is 4.86. The molecular formula is C20H17N3O5S. The highest BCUT2D eigenvalue weighted by Crippen LogP contribution is 2.26. The first-order valence-corrected chi connectivity index (χ1v) is 9.26. The van der Waals surface area contributed by atoms with Gasteiger partial charge in [0, 0.05) is 5.56 Å². The topological polar surface area (TPSA) is 118 Å². The number of anilines is 2. The summed E-state index contributed by atoms with van der Waals surface area (Å²) in [4.78, 5) is 40.2. The van der Waals surface area contributed by atoms with Crippen LogP contribution in [0, 0.1) is 6.92 Å². The van der Waals surface area contributed by atoms with E-state index in [0.29, 0.717) is 22.6 Å². The van der Waals surface area contributed by atoms with Gasteiger partial charge < -0.3 is 15.2 Å². The third kappa shape index (κ3) is 4.58. The fraction of sp³-hybridized carbons (Fsp3) is 0.100. The number of amides is 2. The van der Waals surface area contributed by atoms with Crippen molar-refractivity contribution in [2.75, 3.05) is 17.7 Å². The molecule has 0 aliphatic rings. The Labute approximate surface area is 170 Å². The molecule has 0 aliphatic heterocycles. The first-order chi connectivity index (χ1) is 13.9. The van der Waals surface area contributed by atoms with Crippen molar-refractivity contribution in [3.63, 3.8) is 0 Å². The molecule has 148 valence electrons. The van der Waals surface area contributed by atoms with E-state index in [9.17, 15) is 14.4 Å². The largest absolute Gasteiger partial charge is 0.496 e. The van der Waals surface area contributed by atoms with Crippen LogP contribution in [0.1, 0.15) is 31.2 Å². The number of hydrogen-bond acceptors (Lipinski definition) is 6. The van der Waals surface area contributed by atoms with Crippen molar-refractivity contribution >= 4 is 39.9 Å². The summed E-state index contributed by atoms with van der Waals surface area (Å²) in [5.41, 5.74) is 1.82. The number of ketones is 1. The van der Waals surface area contributed by atoms with E-state index in [0.717, 1.165) is 23.1 Å². The molecule has 3 rings (SSSR count). The Morgan fingerprint density at radius 1 is 1.07 bits per heavy atom. The highest BCUT2D eigenvalue weighted by Gasteiger charge is 2.19. The molecule has 2 aromatic carbocycles. The minimum atomic E-state index is -1.13. The van der Waals surface area contributed by atoms with Gasteiger partial charge in [0.15, 0.2) is 10.9 Å². The Kier molecular flexibility index (Phi) is 5.89. The molecule has 1 heterocycles. The average Bonchev–Trinajstić information content (AvgIpc) is 3.17. The van der Waals surface area contributed by atoms with Crippen molar-refractivity contribution in [3.8, 4) is 5.75 Å². The van der Waals surface area contributed by atoms with Crippen molar-refractivity contribution in [1.82, 2.24) is 4.98 Å². The Hall–Kier alpha value is -3.72. The molecule has 8 nitrogen and oxygen atoms in total. The number of rotatable bonds is 6. The number of nitrogens with zero attached hydrogens (tertiary/aromatic N) is 1. The van der Waals surface area contributed by atoms with Crippen LogP contribution in [-0.2, 0) is 0 Å². The van der Waals surface area contributed by atoms with Crippen molar-refractivity contribution in [3.05, 3.63) is 70.2 Å². The van der Waals surface area contributed by atoms with Crippen LogP contribution in [0.15, 0.2) is 48.7 Å². The number of aromatic nitrogens is 1. The number of carbonyl (C=O) groups is 3. The standard InChI is InChI=1S/C20H17N3O5S/c1-11-7-8-14(22-19(27)23-20-21-10-16(29-20)18(25)26)13(9-11)17(24)12-5-3-4-6-15(12)28-2/h3-10H,1-2H3,(H,25,26)(H2,21,22,23,27). The van der Waals surface area contributed by atoms with Crippen LogP contribution in [0.25, 0.3) is 0 Å². The molecule has 0 saturated carbocycles. The molecule has 0 atom stereocenters. The van der Waals surface area contributed by atoms with E-state index >= 15 is 0 Å². The normalized spacial score (nSPS) is 10.3. The number of aryl methyl sites for hydroxylation is 1. The number of hydrogen-bond donors (Lipinski definition) is 3. The number of carbonyl (C=O) groups excluding carboxylic acids is 2. The Morgan fingerprint density at radius 2 is 1.83 bits per heavy atom. The SMILES string of the molecule is COc1ccccc1C(=O)c1cc(C)ccc1NC(=O)Nc1ncc(C(=O)O)s1. The molecule has 0 bridgehead atoms. The van der Waals surface area contributed by atoms with E-state index < -0.39 is 12.0 Å². The number of benzene rings is 2. The number of nitrogens with one attached hydrogen (secondary N) is 2. The molecule has 1 aromatic heterocycles. The summed E-state index contributed by atoms with van der Waals surface area (Å²) >= 11 is 0.829. The maximum atomic E-state index is 13.1. The number of thiazole rings is 1. The third-order valence-electron chi connectivity index (χ3n) is 3.96. The van der Waals surface area contributed by atoms with Crippen LogP contribution in [0.5, 0.6) is 5.75 Å². The lowest BCUT2D eigenvalue weighted by molar-refractivity contribution is 0.0701. The number of aromatic carboxylic acids is 1. The van der Waals surface area contributed by atoms with Gasteiger partial charge >= 0.3 is 12.0 Å². The average molecular weight is 411 g/mol. The molecule has 0 saturated heterocycles. The van der Waals surface area contributed by atoms with Crippen molar-refractivity contribution in [2.45, 2.75) is 6.92 Å². The number of para-hydroxylation sites is 1. The molecule has 29 heavy (non-hydrogen) atoms. The van der Waals surface area contributed by atoms with Crippen LogP contribution in [0.3, 0.4) is 0 Å². The van der Waals surface area contributed by atoms with Gasteiger partial charge in [0.2, 0.25) is 0 Å². The maximum absolute atomic E-state index is 13.1. The number of carboxylic acids is 1. The molecule has 0 fully saturated rings. The molecule has 9 heteroatoms. The minimum absolute atomic E-state index is 0.00248. The molecule has 0 spiro atoms. The fourth-order valence-electron chi connectivity index (χ4n) is 2.61. The number of methoxy groups -OCH3 is 1. The molecule has 2 amide bonds. The molecule has 3 aromatic rings.